The fourth-order valence-corrected chi connectivity index (χ4v) is 2.40. The van der Waals surface area contributed by atoms with Crippen molar-refractivity contribution in [3.63, 3.8) is 0 Å². The molecule has 2 saturated heterocycles. The van der Waals surface area contributed by atoms with E-state index in [1.165, 1.54) is 26.1 Å². The zero-order chi connectivity index (χ0) is 7.26. The Kier molecular flexibility index (Phi) is 1.29. The number of fused-ring (bicyclic) bond motifs is 1. The van der Waals surface area contributed by atoms with Crippen LogP contribution in [-0.2, 0) is 4.74 Å². The van der Waals surface area contributed by atoms with Gasteiger partial charge in [0.25, 0.3) is 0 Å². The highest BCUT2D eigenvalue weighted by Crippen LogP contribution is 2.45. The number of ether oxygens (including phenoxy) is 1. The first-order valence-electron chi connectivity index (χ1n) is 4.72. The molecule has 2 nitrogen and oxygen atoms in total. The van der Waals surface area contributed by atoms with E-state index in [1.807, 2.05) is 0 Å². The molecule has 0 bridgehead atoms. The number of nitrogens with zero attached hydrogens (tertiary/aromatic N) is 1. The molecule has 1 aliphatic carbocycles. The van der Waals surface area contributed by atoms with Crippen molar-refractivity contribution in [2.45, 2.75) is 6.42 Å². The van der Waals surface area contributed by atoms with Crippen molar-refractivity contribution in [1.29, 1.82) is 0 Å². The van der Waals surface area contributed by atoms with Crippen molar-refractivity contribution < 1.29 is 4.74 Å². The van der Waals surface area contributed by atoms with Gasteiger partial charge in [-0.2, -0.15) is 0 Å². The van der Waals surface area contributed by atoms with Crippen molar-refractivity contribution in [1.82, 2.24) is 4.90 Å². The quantitative estimate of drug-likeness (QED) is 0.575. The maximum absolute atomic E-state index is 5.16. The molecule has 1 saturated carbocycles. The second-order valence-electron chi connectivity index (χ2n) is 4.38. The number of hydrogen-bond acceptors (Lipinski definition) is 2. The van der Waals surface area contributed by atoms with E-state index in [2.05, 4.69) is 4.90 Å². The smallest absolute Gasteiger partial charge is 0.0528 e. The lowest BCUT2D eigenvalue weighted by atomic mass is 10.1. The third kappa shape index (κ3) is 1.09. The normalized spacial score (nSPS) is 43.6. The molecule has 0 aromatic heterocycles. The SMILES string of the molecule is C1OCC1CN1CC2CC2C1. The number of rotatable bonds is 2. The average molecular weight is 153 g/mol. The highest BCUT2D eigenvalue weighted by atomic mass is 16.5. The summed E-state index contributed by atoms with van der Waals surface area (Å²) in [5, 5.41) is 0. The van der Waals surface area contributed by atoms with Crippen molar-refractivity contribution in [3.05, 3.63) is 0 Å². The number of likely N-dealkylation sites (tertiary alicyclic amines) is 1. The molecule has 2 heterocycles. The minimum Gasteiger partial charge on any atom is -0.381 e. The van der Waals surface area contributed by atoms with Crippen LogP contribution >= 0.6 is 0 Å². The van der Waals surface area contributed by atoms with E-state index < -0.39 is 0 Å². The maximum Gasteiger partial charge on any atom is 0.0528 e. The molecule has 0 N–H and O–H groups in total. The van der Waals surface area contributed by atoms with Crippen LogP contribution in [0.15, 0.2) is 0 Å². The Morgan fingerprint density at radius 3 is 2.45 bits per heavy atom. The van der Waals surface area contributed by atoms with E-state index in [0.717, 1.165) is 31.0 Å². The van der Waals surface area contributed by atoms with Crippen molar-refractivity contribution in [2.24, 2.45) is 17.8 Å². The van der Waals surface area contributed by atoms with E-state index in [4.69, 9.17) is 4.74 Å². The summed E-state index contributed by atoms with van der Waals surface area (Å²) in [6.45, 7) is 6.13. The highest BCUT2D eigenvalue weighted by molar-refractivity contribution is 4.97. The molecule has 0 spiro atoms. The summed E-state index contributed by atoms with van der Waals surface area (Å²) in [7, 11) is 0. The van der Waals surface area contributed by atoms with E-state index in [-0.39, 0.29) is 0 Å². The minimum atomic E-state index is 0.868. The molecule has 0 amide bonds. The molecule has 3 fully saturated rings. The second-order valence-corrected chi connectivity index (χ2v) is 4.38. The Hall–Kier alpha value is -0.0800. The van der Waals surface area contributed by atoms with Crippen LogP contribution in [0.1, 0.15) is 6.42 Å². The van der Waals surface area contributed by atoms with Crippen LogP contribution in [0.4, 0.5) is 0 Å². The Morgan fingerprint density at radius 2 is 1.91 bits per heavy atom. The summed E-state index contributed by atoms with van der Waals surface area (Å²) < 4.78 is 5.16. The molecule has 2 heteroatoms. The third-order valence-corrected chi connectivity index (χ3v) is 3.28. The minimum absolute atomic E-state index is 0.868. The fourth-order valence-electron chi connectivity index (χ4n) is 2.40. The summed E-state index contributed by atoms with van der Waals surface area (Å²) in [4.78, 5) is 2.63. The first kappa shape index (κ1) is 6.44. The lowest BCUT2D eigenvalue weighted by molar-refractivity contribution is -0.0450. The zero-order valence-electron chi connectivity index (χ0n) is 6.83. The van der Waals surface area contributed by atoms with Crippen molar-refractivity contribution in [2.75, 3.05) is 32.8 Å². The number of piperidine rings is 1. The van der Waals surface area contributed by atoms with Crippen LogP contribution in [0.25, 0.3) is 0 Å². The summed E-state index contributed by atoms with van der Waals surface area (Å²) in [6.07, 6.45) is 1.53. The van der Waals surface area contributed by atoms with Crippen molar-refractivity contribution >= 4 is 0 Å². The van der Waals surface area contributed by atoms with E-state index in [0.29, 0.717) is 0 Å². The first-order valence-corrected chi connectivity index (χ1v) is 4.72. The lowest BCUT2D eigenvalue weighted by Crippen LogP contribution is -2.39. The average Bonchev–Trinajstić information content (AvgIpc) is 2.51. The summed E-state index contributed by atoms with van der Waals surface area (Å²) in [6, 6.07) is 0. The summed E-state index contributed by atoms with van der Waals surface area (Å²) >= 11 is 0. The summed E-state index contributed by atoms with van der Waals surface area (Å²) in [5.41, 5.74) is 0. The van der Waals surface area contributed by atoms with Gasteiger partial charge in [0.15, 0.2) is 0 Å². The maximum atomic E-state index is 5.16. The van der Waals surface area contributed by atoms with Crippen LogP contribution in [0, 0.1) is 17.8 Å². The van der Waals surface area contributed by atoms with Crippen LogP contribution in [0.2, 0.25) is 0 Å². The molecule has 0 aromatic carbocycles. The molecule has 62 valence electrons. The second kappa shape index (κ2) is 2.20. The van der Waals surface area contributed by atoms with Gasteiger partial charge in [0, 0.05) is 25.6 Å². The van der Waals surface area contributed by atoms with Gasteiger partial charge in [-0.1, -0.05) is 0 Å². The van der Waals surface area contributed by atoms with Gasteiger partial charge in [-0.3, -0.25) is 0 Å². The molecule has 3 aliphatic rings. The highest BCUT2D eigenvalue weighted by Gasteiger charge is 2.45. The molecule has 3 rings (SSSR count). The molecule has 11 heavy (non-hydrogen) atoms. The predicted molar refractivity (Wildman–Crippen MR) is 42.3 cm³/mol. The van der Waals surface area contributed by atoms with Gasteiger partial charge in [-0.05, 0) is 18.3 Å². The molecule has 0 aromatic rings. The van der Waals surface area contributed by atoms with Gasteiger partial charge in [0.05, 0.1) is 13.2 Å². The van der Waals surface area contributed by atoms with E-state index in [1.54, 1.807) is 0 Å². The monoisotopic (exact) mass is 153 g/mol. The summed E-state index contributed by atoms with van der Waals surface area (Å²) in [5.74, 6) is 3.06. The first-order chi connectivity index (χ1) is 5.42. The van der Waals surface area contributed by atoms with E-state index in [9.17, 15) is 0 Å². The zero-order valence-corrected chi connectivity index (χ0v) is 6.83. The molecular weight excluding hydrogens is 138 g/mol. The molecule has 2 unspecified atom stereocenters. The fraction of sp³-hybridized carbons (Fsp3) is 1.00. The largest absolute Gasteiger partial charge is 0.381 e. The molecular formula is C9H15NO. The third-order valence-electron chi connectivity index (χ3n) is 3.28. The molecule has 2 aliphatic heterocycles. The Balaban J connectivity index is 1.49. The molecule has 0 radical (unpaired) electrons. The van der Waals surface area contributed by atoms with Gasteiger partial charge in [0.2, 0.25) is 0 Å². The van der Waals surface area contributed by atoms with Crippen LogP contribution < -0.4 is 0 Å². The van der Waals surface area contributed by atoms with Crippen molar-refractivity contribution in [3.8, 4) is 0 Å². The Bertz CT molecular complexity index is 157. The van der Waals surface area contributed by atoms with Gasteiger partial charge in [-0.15, -0.1) is 0 Å². The lowest BCUT2D eigenvalue weighted by Gasteiger charge is -2.30. The Labute approximate surface area is 67.5 Å². The predicted octanol–water partition coefficient (Wildman–Crippen LogP) is 0.585. The topological polar surface area (TPSA) is 12.5 Å². The van der Waals surface area contributed by atoms with Gasteiger partial charge in [0.1, 0.15) is 0 Å². The van der Waals surface area contributed by atoms with Crippen LogP contribution in [0.3, 0.4) is 0 Å². The van der Waals surface area contributed by atoms with Gasteiger partial charge in [-0.25, -0.2) is 0 Å². The Morgan fingerprint density at radius 1 is 1.18 bits per heavy atom. The standard InChI is InChI=1S/C9H15NO/c1-8-3-10(4-9(1)8)2-7-5-11-6-7/h7-9H,1-6H2. The molecule has 2 atom stereocenters. The van der Waals surface area contributed by atoms with E-state index >= 15 is 0 Å². The van der Waals surface area contributed by atoms with Crippen LogP contribution in [-0.4, -0.2) is 37.7 Å². The van der Waals surface area contributed by atoms with Crippen LogP contribution in [0.5, 0.6) is 0 Å². The number of hydrogen-bond donors (Lipinski definition) is 0. The van der Waals surface area contributed by atoms with Gasteiger partial charge < -0.3 is 9.64 Å². The van der Waals surface area contributed by atoms with Gasteiger partial charge >= 0.3 is 0 Å².